The fourth-order valence-corrected chi connectivity index (χ4v) is 3.14. The highest BCUT2D eigenvalue weighted by Crippen LogP contribution is 2.25. The number of aryl methyl sites for hydroxylation is 1. The summed E-state index contributed by atoms with van der Waals surface area (Å²) in [6.45, 7) is 0.826. The first kappa shape index (κ1) is 26.1. The maximum atomic E-state index is 10.3. The molecule has 0 bridgehead atoms. The quantitative estimate of drug-likeness (QED) is 0.206. The smallest absolute Gasteiger partial charge is 0.339 e. The summed E-state index contributed by atoms with van der Waals surface area (Å²) < 4.78 is 0. The highest BCUT2D eigenvalue weighted by Gasteiger charge is 2.08. The van der Waals surface area contributed by atoms with E-state index < -0.39 is 11.7 Å². The number of aromatic hydroxyl groups is 4. The molecule has 0 heterocycles. The first-order valence-electron chi connectivity index (χ1n) is 10.8. The van der Waals surface area contributed by atoms with Crippen molar-refractivity contribution in [1.29, 1.82) is 0 Å². The molecule has 2 aromatic carbocycles. The van der Waals surface area contributed by atoms with Crippen molar-refractivity contribution in [3.8, 4) is 23.0 Å². The summed E-state index contributed by atoms with van der Waals surface area (Å²) in [6.07, 6.45) is 12.4. The Morgan fingerprint density at radius 3 is 1.77 bits per heavy atom. The average molecular weight is 434 g/mol. The van der Waals surface area contributed by atoms with Gasteiger partial charge < -0.3 is 31.3 Å². The zero-order chi connectivity index (χ0) is 23.1. The molecule has 2 rings (SSSR count). The van der Waals surface area contributed by atoms with Crippen LogP contribution in [0.5, 0.6) is 23.0 Å². The van der Waals surface area contributed by atoms with Crippen LogP contribution in [0.1, 0.15) is 73.7 Å². The summed E-state index contributed by atoms with van der Waals surface area (Å²) in [5.74, 6) is -1.86. The van der Waals surface area contributed by atoms with Gasteiger partial charge in [-0.2, -0.15) is 0 Å². The molecule has 31 heavy (non-hydrogen) atoms. The number of nitrogens with two attached hydrogens (primary N) is 1. The van der Waals surface area contributed by atoms with Crippen LogP contribution in [-0.2, 0) is 6.42 Å². The lowest BCUT2D eigenvalue weighted by Gasteiger charge is -2.04. The van der Waals surface area contributed by atoms with E-state index in [4.69, 9.17) is 21.1 Å². The van der Waals surface area contributed by atoms with Crippen molar-refractivity contribution in [2.24, 2.45) is 5.73 Å². The Balaban J connectivity index is 0.000000367. The lowest BCUT2D eigenvalue weighted by molar-refractivity contribution is 0.0693. The van der Waals surface area contributed by atoms with Gasteiger partial charge in [0.1, 0.15) is 17.1 Å². The van der Waals surface area contributed by atoms with E-state index in [1.54, 1.807) is 12.1 Å². The lowest BCUT2D eigenvalue weighted by Crippen LogP contribution is -1.97. The predicted molar refractivity (Wildman–Crippen MR) is 121 cm³/mol. The molecule has 0 radical (unpaired) electrons. The van der Waals surface area contributed by atoms with E-state index in [1.165, 1.54) is 57.4 Å². The van der Waals surface area contributed by atoms with E-state index in [0.29, 0.717) is 0 Å². The van der Waals surface area contributed by atoms with Crippen LogP contribution in [0.4, 0.5) is 0 Å². The van der Waals surface area contributed by atoms with Crippen LogP contribution in [0.25, 0.3) is 0 Å². The topological polar surface area (TPSA) is 144 Å². The Bertz CT molecular complexity index is 794. The molecule has 172 valence electrons. The minimum Gasteiger partial charge on any atom is -0.508 e. The SMILES string of the molecule is NCCCCCCCCCCCc1ccc(O)c(O)c1.O=C(O)c1ccc(O)cc1O. The van der Waals surface area contributed by atoms with Crippen molar-refractivity contribution in [3.05, 3.63) is 47.5 Å². The maximum absolute atomic E-state index is 10.3. The molecule has 0 unspecified atom stereocenters. The van der Waals surface area contributed by atoms with Gasteiger partial charge in [-0.1, -0.05) is 51.0 Å². The second kappa shape index (κ2) is 15.0. The fraction of sp³-hybridized carbons (Fsp3) is 0.458. The highest BCUT2D eigenvalue weighted by atomic mass is 16.4. The Morgan fingerprint density at radius 2 is 1.26 bits per heavy atom. The van der Waals surface area contributed by atoms with Gasteiger partial charge in [0.25, 0.3) is 0 Å². The summed E-state index contributed by atoms with van der Waals surface area (Å²) in [4.78, 5) is 10.3. The van der Waals surface area contributed by atoms with Crippen LogP contribution in [0.15, 0.2) is 36.4 Å². The number of unbranched alkanes of at least 4 members (excludes halogenated alkanes) is 8. The van der Waals surface area contributed by atoms with Crippen molar-refractivity contribution in [2.75, 3.05) is 6.54 Å². The number of aromatic carboxylic acids is 1. The number of rotatable bonds is 12. The first-order valence-corrected chi connectivity index (χ1v) is 10.8. The number of phenolic OH excluding ortho intramolecular Hbond substituents is 3. The van der Waals surface area contributed by atoms with E-state index in [0.717, 1.165) is 37.1 Å². The van der Waals surface area contributed by atoms with Gasteiger partial charge in [0, 0.05) is 6.07 Å². The van der Waals surface area contributed by atoms with E-state index in [9.17, 15) is 15.0 Å². The van der Waals surface area contributed by atoms with Crippen LogP contribution in [-0.4, -0.2) is 38.0 Å². The average Bonchev–Trinajstić information content (AvgIpc) is 2.72. The van der Waals surface area contributed by atoms with Crippen LogP contribution < -0.4 is 5.73 Å². The molecule has 0 fully saturated rings. The van der Waals surface area contributed by atoms with Crippen LogP contribution >= 0.6 is 0 Å². The third-order valence-electron chi connectivity index (χ3n) is 4.92. The van der Waals surface area contributed by atoms with Gasteiger partial charge in [-0.25, -0.2) is 4.79 Å². The van der Waals surface area contributed by atoms with E-state index in [2.05, 4.69) is 0 Å². The fourth-order valence-electron chi connectivity index (χ4n) is 3.14. The summed E-state index contributed by atoms with van der Waals surface area (Å²) in [6, 6.07) is 8.41. The highest BCUT2D eigenvalue weighted by molar-refractivity contribution is 5.90. The minimum absolute atomic E-state index is 0.0139. The minimum atomic E-state index is -1.22. The van der Waals surface area contributed by atoms with Crippen molar-refractivity contribution in [1.82, 2.24) is 0 Å². The standard InChI is InChI=1S/C17H29NO2.C7H6O4/c18-13-9-7-5-3-1-2-4-6-8-10-15-11-12-16(19)17(20)14-15;8-4-1-2-5(7(10)11)6(9)3-4/h11-12,14,19-20H,1-10,13,18H2;1-3,8-9H,(H,10,11). The summed E-state index contributed by atoms with van der Waals surface area (Å²) in [5, 5.41) is 44.7. The van der Waals surface area contributed by atoms with Gasteiger partial charge in [0.05, 0.1) is 0 Å². The molecule has 7 heteroatoms. The van der Waals surface area contributed by atoms with Gasteiger partial charge in [0.2, 0.25) is 0 Å². The molecule has 0 spiro atoms. The zero-order valence-corrected chi connectivity index (χ0v) is 18.0. The Labute approximate surface area is 183 Å². The maximum Gasteiger partial charge on any atom is 0.339 e. The second-order valence-electron chi connectivity index (χ2n) is 7.55. The molecule has 0 aromatic heterocycles. The monoisotopic (exact) mass is 433 g/mol. The van der Waals surface area contributed by atoms with Gasteiger partial charge in [-0.15, -0.1) is 0 Å². The zero-order valence-electron chi connectivity index (χ0n) is 18.0. The third kappa shape index (κ3) is 11.1. The van der Waals surface area contributed by atoms with Gasteiger partial charge >= 0.3 is 5.97 Å². The molecule has 0 saturated heterocycles. The molecule has 0 amide bonds. The summed E-state index contributed by atoms with van der Waals surface area (Å²) in [5.41, 5.74) is 6.34. The number of hydrogen-bond acceptors (Lipinski definition) is 6. The van der Waals surface area contributed by atoms with Gasteiger partial charge in [-0.05, 0) is 55.6 Å². The number of benzene rings is 2. The van der Waals surface area contributed by atoms with E-state index >= 15 is 0 Å². The molecular formula is C24H35NO6. The molecule has 7 nitrogen and oxygen atoms in total. The first-order chi connectivity index (χ1) is 14.8. The molecule has 0 aliphatic carbocycles. The van der Waals surface area contributed by atoms with Gasteiger partial charge in [0.15, 0.2) is 11.5 Å². The van der Waals surface area contributed by atoms with E-state index in [1.807, 2.05) is 6.07 Å². The van der Waals surface area contributed by atoms with Crippen molar-refractivity contribution in [3.63, 3.8) is 0 Å². The van der Waals surface area contributed by atoms with Crippen LogP contribution in [0.3, 0.4) is 0 Å². The Kier molecular flexibility index (Phi) is 12.6. The molecule has 0 saturated carbocycles. The van der Waals surface area contributed by atoms with Crippen LogP contribution in [0.2, 0.25) is 0 Å². The van der Waals surface area contributed by atoms with Gasteiger partial charge in [-0.3, -0.25) is 0 Å². The van der Waals surface area contributed by atoms with Crippen molar-refractivity contribution < 1.29 is 30.3 Å². The number of carboxylic acids is 1. The molecule has 0 aliphatic heterocycles. The predicted octanol–water partition coefficient (Wildman–Crippen LogP) is 4.91. The van der Waals surface area contributed by atoms with Crippen LogP contribution in [0, 0.1) is 0 Å². The second-order valence-corrected chi connectivity index (χ2v) is 7.55. The van der Waals surface area contributed by atoms with Crippen molar-refractivity contribution >= 4 is 5.97 Å². The molecule has 2 aromatic rings. The normalized spacial score (nSPS) is 10.4. The summed E-state index contributed by atoms with van der Waals surface area (Å²) in [7, 11) is 0. The molecule has 0 aliphatic rings. The number of hydrogen-bond donors (Lipinski definition) is 6. The Morgan fingerprint density at radius 1 is 0.677 bits per heavy atom. The van der Waals surface area contributed by atoms with E-state index in [-0.39, 0.29) is 22.8 Å². The lowest BCUT2D eigenvalue weighted by atomic mass is 10.0. The summed E-state index contributed by atoms with van der Waals surface area (Å²) >= 11 is 0. The Hall–Kier alpha value is -2.93. The van der Waals surface area contributed by atoms with Crippen molar-refractivity contribution in [2.45, 2.75) is 64.2 Å². The molecule has 7 N–H and O–H groups in total. The molecule has 0 atom stereocenters. The third-order valence-corrected chi connectivity index (χ3v) is 4.92. The molecular weight excluding hydrogens is 398 g/mol. The largest absolute Gasteiger partial charge is 0.508 e. The number of carboxylic acid groups (broad SMARTS) is 1. The number of phenols is 4. The number of carbonyl (C=O) groups is 1.